The number of benzene rings is 1. The summed E-state index contributed by atoms with van der Waals surface area (Å²) in [5.41, 5.74) is -2.01. The van der Waals surface area contributed by atoms with Crippen molar-refractivity contribution in [1.29, 1.82) is 0 Å². The van der Waals surface area contributed by atoms with E-state index in [1.54, 1.807) is 0 Å². The van der Waals surface area contributed by atoms with Crippen molar-refractivity contribution in [2.45, 2.75) is 59.3 Å². The summed E-state index contributed by atoms with van der Waals surface area (Å²) in [4.78, 5) is 24.2. The van der Waals surface area contributed by atoms with Crippen molar-refractivity contribution in [2.24, 2.45) is 5.41 Å². The van der Waals surface area contributed by atoms with Crippen molar-refractivity contribution in [3.05, 3.63) is 29.1 Å². The van der Waals surface area contributed by atoms with Crippen molar-refractivity contribution >= 4 is 11.9 Å². The first-order chi connectivity index (χ1) is 13.1. The third kappa shape index (κ3) is 5.65. The number of esters is 2. The Morgan fingerprint density at radius 1 is 0.750 bits per heavy atom. The summed E-state index contributed by atoms with van der Waals surface area (Å²) in [7, 11) is 0. The summed E-state index contributed by atoms with van der Waals surface area (Å²) in [6, 6.07) is 0. The van der Waals surface area contributed by atoms with Crippen molar-refractivity contribution in [3.8, 4) is 5.75 Å². The minimum Gasteiger partial charge on any atom is -0.465 e. The van der Waals surface area contributed by atoms with Gasteiger partial charge >= 0.3 is 11.9 Å². The Morgan fingerprint density at radius 3 is 1.75 bits per heavy atom. The van der Waals surface area contributed by atoms with Gasteiger partial charge in [0, 0.05) is 0 Å². The van der Waals surface area contributed by atoms with Gasteiger partial charge in [-0.15, -0.1) is 0 Å². The first-order valence-electron chi connectivity index (χ1n) is 8.96. The average molecular weight is 410 g/mol. The van der Waals surface area contributed by atoms with Gasteiger partial charge in [-0.1, -0.05) is 39.0 Å². The fourth-order valence-electron chi connectivity index (χ4n) is 2.21. The highest BCUT2D eigenvalue weighted by atomic mass is 19.2. The smallest absolute Gasteiger partial charge is 0.328 e. The summed E-state index contributed by atoms with van der Waals surface area (Å²) in [5, 5.41) is 0. The largest absolute Gasteiger partial charge is 0.465 e. The Hall–Kier alpha value is -2.19. The fourth-order valence-corrected chi connectivity index (χ4v) is 2.21. The predicted octanol–water partition coefficient (Wildman–Crippen LogP) is 5.22. The van der Waals surface area contributed by atoms with Gasteiger partial charge in [-0.3, -0.25) is 9.59 Å². The zero-order valence-electron chi connectivity index (χ0n) is 16.0. The topological polar surface area (TPSA) is 52.6 Å². The zero-order chi connectivity index (χ0) is 21.5. The zero-order valence-corrected chi connectivity index (χ0v) is 16.0. The maximum absolute atomic E-state index is 13.6. The molecule has 0 saturated heterocycles. The number of hydrogen-bond acceptors (Lipinski definition) is 4. The number of ether oxygens (including phenoxy) is 2. The lowest BCUT2D eigenvalue weighted by atomic mass is 9.94. The summed E-state index contributed by atoms with van der Waals surface area (Å²) >= 11 is 0. The average Bonchev–Trinajstić information content (AvgIpc) is 2.66. The Labute approximate surface area is 160 Å². The standard InChI is InChI=1S/C19H23F5O4/c1-4-5-6-7-8-9-10-27-17(25)19(2,3)18(26)28-16-14(23)12(21)11(20)13(22)15(16)24/h4-10H2,1-3H3. The van der Waals surface area contributed by atoms with Crippen LogP contribution < -0.4 is 4.74 Å². The molecule has 0 aromatic heterocycles. The lowest BCUT2D eigenvalue weighted by Crippen LogP contribution is -2.38. The minimum atomic E-state index is -2.38. The Bertz CT molecular complexity index is 690. The molecule has 0 aliphatic heterocycles. The van der Waals surface area contributed by atoms with Crippen LogP contribution in [-0.4, -0.2) is 18.5 Å². The van der Waals surface area contributed by atoms with Gasteiger partial charge in [0.2, 0.25) is 34.8 Å². The minimum absolute atomic E-state index is 0.0319. The maximum Gasteiger partial charge on any atom is 0.328 e. The molecule has 158 valence electrons. The predicted molar refractivity (Wildman–Crippen MR) is 90.0 cm³/mol. The Morgan fingerprint density at radius 2 is 1.21 bits per heavy atom. The second-order valence-corrected chi connectivity index (χ2v) is 6.82. The number of hydrogen-bond donors (Lipinski definition) is 0. The number of halogens is 5. The molecule has 1 rings (SSSR count). The molecular formula is C19H23F5O4. The van der Waals surface area contributed by atoms with Gasteiger partial charge in [0.05, 0.1) is 6.61 Å². The van der Waals surface area contributed by atoms with Gasteiger partial charge in [-0.25, -0.2) is 13.2 Å². The van der Waals surface area contributed by atoms with Crippen LogP contribution in [-0.2, 0) is 14.3 Å². The second kappa shape index (κ2) is 10.4. The van der Waals surface area contributed by atoms with Crippen LogP contribution in [0, 0.1) is 34.5 Å². The molecule has 0 radical (unpaired) electrons. The van der Waals surface area contributed by atoms with Crippen LogP contribution in [0.1, 0.15) is 59.3 Å². The van der Waals surface area contributed by atoms with E-state index in [2.05, 4.69) is 11.7 Å². The fraction of sp³-hybridized carbons (Fsp3) is 0.579. The number of unbranched alkanes of at least 4 members (excludes halogenated alkanes) is 5. The monoisotopic (exact) mass is 410 g/mol. The SMILES string of the molecule is CCCCCCCCOC(=O)C(C)(C)C(=O)Oc1c(F)c(F)c(F)c(F)c1F. The Balaban J connectivity index is 2.72. The van der Waals surface area contributed by atoms with Crippen LogP contribution in [0.5, 0.6) is 5.75 Å². The number of rotatable bonds is 10. The number of carbonyl (C=O) groups excluding carboxylic acids is 2. The molecule has 1 aromatic rings. The molecule has 4 nitrogen and oxygen atoms in total. The second-order valence-electron chi connectivity index (χ2n) is 6.82. The molecule has 0 atom stereocenters. The van der Waals surface area contributed by atoms with Gasteiger partial charge in [0.1, 0.15) is 0 Å². The van der Waals surface area contributed by atoms with E-state index >= 15 is 0 Å². The summed E-state index contributed by atoms with van der Waals surface area (Å²) in [6.07, 6.45) is 5.62. The van der Waals surface area contributed by atoms with Crippen molar-refractivity contribution in [2.75, 3.05) is 6.61 Å². The normalized spacial score (nSPS) is 11.4. The van der Waals surface area contributed by atoms with Crippen LogP contribution in [0.4, 0.5) is 22.0 Å². The molecule has 0 aliphatic rings. The van der Waals surface area contributed by atoms with Crippen molar-refractivity contribution in [3.63, 3.8) is 0 Å². The van der Waals surface area contributed by atoms with Crippen molar-refractivity contribution < 1.29 is 41.0 Å². The van der Waals surface area contributed by atoms with Crippen LogP contribution in [0.25, 0.3) is 0 Å². The van der Waals surface area contributed by atoms with E-state index in [1.165, 1.54) is 0 Å². The Kier molecular flexibility index (Phi) is 8.84. The first-order valence-corrected chi connectivity index (χ1v) is 8.96. The highest BCUT2D eigenvalue weighted by Gasteiger charge is 2.41. The third-order valence-electron chi connectivity index (χ3n) is 4.12. The lowest BCUT2D eigenvalue weighted by molar-refractivity contribution is -0.165. The van der Waals surface area contributed by atoms with E-state index < -0.39 is 52.2 Å². The van der Waals surface area contributed by atoms with E-state index in [1.807, 2.05) is 0 Å². The molecule has 0 fully saturated rings. The molecule has 9 heteroatoms. The molecule has 28 heavy (non-hydrogen) atoms. The molecule has 0 saturated carbocycles. The van der Waals surface area contributed by atoms with Crippen LogP contribution >= 0.6 is 0 Å². The van der Waals surface area contributed by atoms with Gasteiger partial charge in [-0.2, -0.15) is 8.78 Å². The highest BCUT2D eigenvalue weighted by Crippen LogP contribution is 2.31. The molecule has 1 aromatic carbocycles. The van der Waals surface area contributed by atoms with E-state index in [0.717, 1.165) is 46.0 Å². The first kappa shape index (κ1) is 23.8. The molecule has 0 unspecified atom stereocenters. The van der Waals surface area contributed by atoms with Gasteiger partial charge in [-0.05, 0) is 20.3 Å². The molecular weight excluding hydrogens is 387 g/mol. The van der Waals surface area contributed by atoms with Gasteiger partial charge in [0.25, 0.3) is 0 Å². The van der Waals surface area contributed by atoms with Gasteiger partial charge in [0.15, 0.2) is 5.41 Å². The van der Waals surface area contributed by atoms with E-state index in [0.29, 0.717) is 6.42 Å². The van der Waals surface area contributed by atoms with Crippen LogP contribution in [0.15, 0.2) is 0 Å². The quantitative estimate of drug-likeness (QED) is 0.101. The van der Waals surface area contributed by atoms with Crippen molar-refractivity contribution in [1.82, 2.24) is 0 Å². The lowest BCUT2D eigenvalue weighted by Gasteiger charge is -2.21. The molecule has 0 amide bonds. The van der Waals surface area contributed by atoms with E-state index in [4.69, 9.17) is 4.74 Å². The van der Waals surface area contributed by atoms with Gasteiger partial charge < -0.3 is 9.47 Å². The summed E-state index contributed by atoms with van der Waals surface area (Å²) < 4.78 is 75.9. The molecule has 0 spiro atoms. The van der Waals surface area contributed by atoms with E-state index in [-0.39, 0.29) is 6.61 Å². The molecule has 0 bridgehead atoms. The molecule has 0 N–H and O–H groups in total. The highest BCUT2D eigenvalue weighted by molar-refractivity contribution is 5.99. The maximum atomic E-state index is 13.6. The number of carbonyl (C=O) groups is 2. The van der Waals surface area contributed by atoms with E-state index in [9.17, 15) is 31.5 Å². The summed E-state index contributed by atoms with van der Waals surface area (Å²) in [6.45, 7) is 4.23. The molecule has 0 heterocycles. The van der Waals surface area contributed by atoms with Crippen LogP contribution in [0.2, 0.25) is 0 Å². The van der Waals surface area contributed by atoms with Crippen LogP contribution in [0.3, 0.4) is 0 Å². The summed E-state index contributed by atoms with van der Waals surface area (Å²) in [5.74, 6) is -15.8. The third-order valence-corrected chi connectivity index (χ3v) is 4.12. The molecule has 0 aliphatic carbocycles.